The highest BCUT2D eigenvalue weighted by molar-refractivity contribution is 5.90. The Hall–Kier alpha value is -2.79. The standard InChI is InChI=1S/C25H27F3N2O3/c26-25(27,28)19-4-6-20(7-5-19)33-23-8-3-17-2-1-16(13-21(17)22(23)14-29)15-30-11-9-18(10-12-30)24(31)32/h1-3,8,13,18-20H,4-7,9-12,15H2,(H,31,32). The summed E-state index contributed by atoms with van der Waals surface area (Å²) in [5.74, 6) is -1.88. The average Bonchev–Trinajstić information content (AvgIpc) is 2.79. The van der Waals surface area contributed by atoms with Gasteiger partial charge in [-0.25, -0.2) is 0 Å². The van der Waals surface area contributed by atoms with E-state index < -0.39 is 18.1 Å². The number of hydrogen-bond donors (Lipinski definition) is 1. The number of likely N-dealkylation sites (tertiary alicyclic amines) is 1. The Kier molecular flexibility index (Phi) is 6.80. The summed E-state index contributed by atoms with van der Waals surface area (Å²) in [6, 6.07) is 11.7. The molecule has 0 bridgehead atoms. The van der Waals surface area contributed by atoms with Crippen LogP contribution >= 0.6 is 0 Å². The molecule has 0 aromatic heterocycles. The van der Waals surface area contributed by atoms with Crippen LogP contribution in [0, 0.1) is 23.2 Å². The fourth-order valence-electron chi connectivity index (χ4n) is 4.94. The second-order valence-electron chi connectivity index (χ2n) is 9.13. The van der Waals surface area contributed by atoms with E-state index >= 15 is 0 Å². The number of carboxylic acid groups (broad SMARTS) is 1. The van der Waals surface area contributed by atoms with Crippen molar-refractivity contribution in [1.82, 2.24) is 4.90 Å². The highest BCUT2D eigenvalue weighted by Gasteiger charge is 2.41. The van der Waals surface area contributed by atoms with Gasteiger partial charge in [0.1, 0.15) is 17.4 Å². The maximum absolute atomic E-state index is 12.9. The van der Waals surface area contributed by atoms with Gasteiger partial charge in [-0.05, 0) is 74.7 Å². The highest BCUT2D eigenvalue weighted by atomic mass is 19.4. The number of ether oxygens (including phenoxy) is 1. The smallest absolute Gasteiger partial charge is 0.391 e. The van der Waals surface area contributed by atoms with E-state index in [1.165, 1.54) is 0 Å². The van der Waals surface area contributed by atoms with Gasteiger partial charge in [0.15, 0.2) is 0 Å². The maximum atomic E-state index is 12.9. The number of benzene rings is 2. The molecule has 33 heavy (non-hydrogen) atoms. The van der Waals surface area contributed by atoms with Crippen molar-refractivity contribution >= 4 is 16.7 Å². The Morgan fingerprint density at radius 3 is 2.36 bits per heavy atom. The van der Waals surface area contributed by atoms with Crippen LogP contribution in [0.25, 0.3) is 10.8 Å². The maximum Gasteiger partial charge on any atom is 0.391 e. The minimum Gasteiger partial charge on any atom is -0.489 e. The summed E-state index contributed by atoms with van der Waals surface area (Å²) in [5.41, 5.74) is 1.42. The zero-order chi connectivity index (χ0) is 23.6. The Morgan fingerprint density at radius 2 is 1.76 bits per heavy atom. The number of aliphatic carboxylic acids is 1. The van der Waals surface area contributed by atoms with Crippen LogP contribution in [0.1, 0.15) is 49.7 Å². The molecule has 2 aliphatic rings. The van der Waals surface area contributed by atoms with E-state index in [0.717, 1.165) is 16.3 Å². The van der Waals surface area contributed by atoms with Crippen molar-refractivity contribution in [3.8, 4) is 11.8 Å². The topological polar surface area (TPSA) is 73.6 Å². The third-order valence-corrected chi connectivity index (χ3v) is 6.93. The monoisotopic (exact) mass is 460 g/mol. The molecule has 8 heteroatoms. The molecule has 176 valence electrons. The Morgan fingerprint density at radius 1 is 1.09 bits per heavy atom. The fourth-order valence-corrected chi connectivity index (χ4v) is 4.94. The molecule has 0 unspecified atom stereocenters. The lowest BCUT2D eigenvalue weighted by molar-refractivity contribution is -0.185. The van der Waals surface area contributed by atoms with Crippen LogP contribution in [0.5, 0.6) is 5.75 Å². The number of fused-ring (bicyclic) bond motifs is 1. The van der Waals surface area contributed by atoms with Crippen LogP contribution in [-0.4, -0.2) is 41.3 Å². The van der Waals surface area contributed by atoms with Gasteiger partial charge in [0, 0.05) is 11.9 Å². The van der Waals surface area contributed by atoms with Gasteiger partial charge in [-0.1, -0.05) is 18.2 Å². The van der Waals surface area contributed by atoms with Crippen molar-refractivity contribution < 1.29 is 27.8 Å². The SMILES string of the molecule is N#Cc1c(OC2CCC(C(F)(F)F)CC2)ccc2ccc(CN3CCC(C(=O)O)CC3)cc12. The van der Waals surface area contributed by atoms with Crippen molar-refractivity contribution in [3.63, 3.8) is 0 Å². The van der Waals surface area contributed by atoms with Gasteiger partial charge in [0.05, 0.1) is 17.9 Å². The summed E-state index contributed by atoms with van der Waals surface area (Å²) in [6.45, 7) is 2.09. The van der Waals surface area contributed by atoms with Crippen LogP contribution in [0.15, 0.2) is 30.3 Å². The number of nitrogens with zero attached hydrogens (tertiary/aromatic N) is 2. The predicted octanol–water partition coefficient (Wildman–Crippen LogP) is 5.51. The average molecular weight is 460 g/mol. The first kappa shape index (κ1) is 23.4. The molecule has 0 radical (unpaired) electrons. The van der Waals surface area contributed by atoms with Crippen LogP contribution in [0.4, 0.5) is 13.2 Å². The number of alkyl halides is 3. The molecule has 0 amide bonds. The molecule has 2 aromatic carbocycles. The van der Waals surface area contributed by atoms with E-state index in [9.17, 15) is 28.3 Å². The Bertz CT molecular complexity index is 1050. The largest absolute Gasteiger partial charge is 0.489 e. The number of carboxylic acids is 1. The van der Waals surface area contributed by atoms with Crippen molar-refractivity contribution in [1.29, 1.82) is 5.26 Å². The Labute approximate surface area is 190 Å². The van der Waals surface area contributed by atoms with Crippen molar-refractivity contribution in [2.75, 3.05) is 13.1 Å². The molecular weight excluding hydrogens is 433 g/mol. The third kappa shape index (κ3) is 5.41. The normalized spacial score (nSPS) is 22.7. The summed E-state index contributed by atoms with van der Waals surface area (Å²) < 4.78 is 44.8. The molecule has 1 saturated carbocycles. The number of halogens is 3. The van der Waals surface area contributed by atoms with E-state index in [1.54, 1.807) is 6.07 Å². The highest BCUT2D eigenvalue weighted by Crippen LogP contribution is 2.39. The first-order valence-corrected chi connectivity index (χ1v) is 11.4. The molecule has 2 fully saturated rings. The third-order valence-electron chi connectivity index (χ3n) is 6.93. The van der Waals surface area contributed by atoms with Crippen LogP contribution in [0.2, 0.25) is 0 Å². The molecule has 1 heterocycles. The lowest BCUT2D eigenvalue weighted by atomic mass is 9.87. The molecule has 5 nitrogen and oxygen atoms in total. The van der Waals surface area contributed by atoms with Crippen LogP contribution in [0.3, 0.4) is 0 Å². The van der Waals surface area contributed by atoms with Gasteiger partial charge in [-0.15, -0.1) is 0 Å². The van der Waals surface area contributed by atoms with Gasteiger partial charge in [-0.2, -0.15) is 18.4 Å². The zero-order valence-electron chi connectivity index (χ0n) is 18.3. The molecule has 1 N–H and O–H groups in total. The molecule has 0 atom stereocenters. The molecule has 1 aliphatic carbocycles. The molecule has 4 rings (SSSR count). The minimum absolute atomic E-state index is 0.0480. The van der Waals surface area contributed by atoms with E-state index in [1.807, 2.05) is 24.3 Å². The number of carbonyl (C=O) groups is 1. The molecule has 1 saturated heterocycles. The summed E-state index contributed by atoms with van der Waals surface area (Å²) in [5, 5.41) is 20.7. The summed E-state index contributed by atoms with van der Waals surface area (Å²) in [4.78, 5) is 13.4. The molecular formula is C25H27F3N2O3. The lowest BCUT2D eigenvalue weighted by Gasteiger charge is -2.30. The minimum atomic E-state index is -4.16. The van der Waals surface area contributed by atoms with E-state index in [0.29, 0.717) is 56.6 Å². The zero-order valence-corrected chi connectivity index (χ0v) is 18.3. The van der Waals surface area contributed by atoms with E-state index in [4.69, 9.17) is 4.74 Å². The van der Waals surface area contributed by atoms with E-state index in [-0.39, 0.29) is 24.9 Å². The molecule has 1 aliphatic heterocycles. The van der Waals surface area contributed by atoms with Gasteiger partial charge < -0.3 is 9.84 Å². The van der Waals surface area contributed by atoms with E-state index in [2.05, 4.69) is 11.0 Å². The first-order chi connectivity index (χ1) is 15.7. The van der Waals surface area contributed by atoms with Gasteiger partial charge >= 0.3 is 12.1 Å². The van der Waals surface area contributed by atoms with Crippen LogP contribution in [-0.2, 0) is 11.3 Å². The number of nitriles is 1. The van der Waals surface area contributed by atoms with Gasteiger partial charge in [0.2, 0.25) is 0 Å². The van der Waals surface area contributed by atoms with Crippen molar-refractivity contribution in [3.05, 3.63) is 41.5 Å². The second-order valence-corrected chi connectivity index (χ2v) is 9.13. The number of rotatable bonds is 5. The predicted molar refractivity (Wildman–Crippen MR) is 117 cm³/mol. The summed E-state index contributed by atoms with van der Waals surface area (Å²) >= 11 is 0. The number of hydrogen-bond acceptors (Lipinski definition) is 4. The van der Waals surface area contributed by atoms with Gasteiger partial charge in [0.25, 0.3) is 0 Å². The summed E-state index contributed by atoms with van der Waals surface area (Å²) in [6.07, 6.45) is -2.50. The quantitative estimate of drug-likeness (QED) is 0.637. The molecule has 0 spiro atoms. The van der Waals surface area contributed by atoms with Gasteiger partial charge in [-0.3, -0.25) is 9.69 Å². The summed E-state index contributed by atoms with van der Waals surface area (Å²) in [7, 11) is 0. The number of piperidine rings is 1. The second kappa shape index (κ2) is 9.60. The lowest BCUT2D eigenvalue weighted by Crippen LogP contribution is -2.35. The van der Waals surface area contributed by atoms with Crippen molar-refractivity contribution in [2.45, 2.75) is 57.3 Å². The van der Waals surface area contributed by atoms with Crippen molar-refractivity contribution in [2.24, 2.45) is 11.8 Å². The fraction of sp³-hybridized carbons (Fsp3) is 0.520. The first-order valence-electron chi connectivity index (χ1n) is 11.4. The Balaban J connectivity index is 1.47. The molecule has 2 aromatic rings. The van der Waals surface area contributed by atoms with Crippen LogP contribution < -0.4 is 4.74 Å².